The van der Waals surface area contributed by atoms with E-state index >= 15 is 0 Å². The average Bonchev–Trinajstić information content (AvgIpc) is 1.94. The molecule has 4 nitrogen and oxygen atoms in total. The molecule has 0 rings (SSSR count). The van der Waals surface area contributed by atoms with Crippen LogP contribution in [-0.2, 0) is 9.59 Å². The molecule has 15 heavy (non-hydrogen) atoms. The number of hydrogen-bond acceptors (Lipinski definition) is 2. The molecule has 0 aliphatic heterocycles. The van der Waals surface area contributed by atoms with Gasteiger partial charge in [0.1, 0.15) is 0 Å². The smallest absolute Gasteiger partial charge is 0.239 e. The second-order valence-corrected chi connectivity index (χ2v) is 6.94. The van der Waals surface area contributed by atoms with E-state index in [1.54, 1.807) is 13.8 Å². The molecule has 0 aromatic heterocycles. The first kappa shape index (κ1) is 14.4. The molecule has 0 spiro atoms. The molecule has 2 N–H and O–H groups in total. The Hall–Kier alpha value is -0.580. The van der Waals surface area contributed by atoms with Crippen LogP contribution in [0.15, 0.2) is 0 Å². The van der Waals surface area contributed by atoms with Crippen molar-refractivity contribution in [2.75, 3.05) is 6.54 Å². The van der Waals surface area contributed by atoms with E-state index in [-0.39, 0.29) is 23.9 Å². The van der Waals surface area contributed by atoms with E-state index in [4.69, 9.17) is 0 Å². The highest BCUT2D eigenvalue weighted by atomic mass is 79.9. The lowest BCUT2D eigenvalue weighted by Gasteiger charge is -2.21. The lowest BCUT2D eigenvalue weighted by molar-refractivity contribution is -0.127. The van der Waals surface area contributed by atoms with Gasteiger partial charge in [0.25, 0.3) is 0 Å². The van der Waals surface area contributed by atoms with Gasteiger partial charge in [-0.05, 0) is 34.6 Å². The minimum Gasteiger partial charge on any atom is -0.350 e. The molecule has 88 valence electrons. The summed E-state index contributed by atoms with van der Waals surface area (Å²) in [4.78, 5) is 22.7. The summed E-state index contributed by atoms with van der Waals surface area (Å²) < 4.78 is -0.644. The van der Waals surface area contributed by atoms with Crippen molar-refractivity contribution in [3.05, 3.63) is 0 Å². The quantitative estimate of drug-likeness (QED) is 0.762. The summed E-state index contributed by atoms with van der Waals surface area (Å²) in [6.45, 7) is 9.13. The summed E-state index contributed by atoms with van der Waals surface area (Å²) in [6.07, 6.45) is 0. The van der Waals surface area contributed by atoms with Crippen molar-refractivity contribution < 1.29 is 9.59 Å². The zero-order valence-electron chi connectivity index (χ0n) is 9.90. The van der Waals surface area contributed by atoms with Gasteiger partial charge < -0.3 is 10.6 Å². The Morgan fingerprint density at radius 1 is 1.13 bits per heavy atom. The van der Waals surface area contributed by atoms with E-state index in [1.165, 1.54) is 0 Å². The highest BCUT2D eigenvalue weighted by Gasteiger charge is 2.24. The molecule has 0 fully saturated rings. The van der Waals surface area contributed by atoms with Gasteiger partial charge in [0.05, 0.1) is 10.9 Å². The van der Waals surface area contributed by atoms with Crippen LogP contribution in [0.3, 0.4) is 0 Å². The van der Waals surface area contributed by atoms with Gasteiger partial charge in [0.2, 0.25) is 11.8 Å². The Labute approximate surface area is 99.3 Å². The molecule has 0 unspecified atom stereocenters. The second-order valence-electron chi connectivity index (χ2n) is 4.95. The van der Waals surface area contributed by atoms with Gasteiger partial charge in [-0.3, -0.25) is 9.59 Å². The van der Waals surface area contributed by atoms with Crippen molar-refractivity contribution in [2.24, 2.45) is 0 Å². The Morgan fingerprint density at radius 2 is 1.60 bits per heavy atom. The van der Waals surface area contributed by atoms with Crippen LogP contribution >= 0.6 is 15.9 Å². The molecule has 0 heterocycles. The summed E-state index contributed by atoms with van der Waals surface area (Å²) in [5.41, 5.74) is -0.272. The minimum atomic E-state index is -0.644. The van der Waals surface area contributed by atoms with Crippen molar-refractivity contribution >= 4 is 27.7 Å². The Morgan fingerprint density at radius 3 is 1.93 bits per heavy atom. The van der Waals surface area contributed by atoms with Crippen LogP contribution in [0.2, 0.25) is 0 Å². The first-order chi connectivity index (χ1) is 6.52. The van der Waals surface area contributed by atoms with Crippen molar-refractivity contribution in [3.63, 3.8) is 0 Å². The maximum Gasteiger partial charge on any atom is 0.239 e. The number of nitrogens with one attached hydrogen (secondary N) is 2. The summed E-state index contributed by atoms with van der Waals surface area (Å²) in [5, 5.41) is 5.30. The van der Waals surface area contributed by atoms with Gasteiger partial charge in [-0.25, -0.2) is 0 Å². The maximum atomic E-state index is 11.4. The van der Waals surface area contributed by atoms with Crippen molar-refractivity contribution in [1.82, 2.24) is 10.6 Å². The number of amides is 2. The van der Waals surface area contributed by atoms with Gasteiger partial charge in [-0.2, -0.15) is 0 Å². The largest absolute Gasteiger partial charge is 0.350 e. The molecule has 5 heteroatoms. The molecule has 2 amide bonds. The van der Waals surface area contributed by atoms with Crippen LogP contribution in [0.4, 0.5) is 0 Å². The van der Waals surface area contributed by atoms with Crippen LogP contribution in [0, 0.1) is 0 Å². The molecule has 0 atom stereocenters. The molecule has 0 aromatic rings. The number of hydrogen-bond donors (Lipinski definition) is 2. The first-order valence-electron chi connectivity index (χ1n) is 4.80. The van der Waals surface area contributed by atoms with Gasteiger partial charge in [0.15, 0.2) is 0 Å². The predicted octanol–water partition coefficient (Wildman–Crippen LogP) is 1.19. The van der Waals surface area contributed by atoms with Crippen LogP contribution in [0.25, 0.3) is 0 Å². The van der Waals surface area contributed by atoms with Gasteiger partial charge >= 0.3 is 0 Å². The van der Waals surface area contributed by atoms with Crippen molar-refractivity contribution in [1.29, 1.82) is 0 Å². The van der Waals surface area contributed by atoms with Gasteiger partial charge in [0, 0.05) is 5.54 Å². The third-order valence-electron chi connectivity index (χ3n) is 1.46. The Balaban J connectivity index is 3.98. The summed E-state index contributed by atoms with van der Waals surface area (Å²) in [6, 6.07) is 0. The SMILES string of the molecule is CC(C)(C)NC(=O)CNC(=O)C(C)(C)Br. The van der Waals surface area contributed by atoms with E-state index in [9.17, 15) is 9.59 Å². The Kier molecular flexibility index (Phi) is 4.77. The summed E-state index contributed by atoms with van der Waals surface area (Å²) in [7, 11) is 0. The molecule has 0 saturated heterocycles. The molecular formula is C10H19BrN2O2. The average molecular weight is 279 g/mol. The van der Waals surface area contributed by atoms with Crippen molar-refractivity contribution in [3.8, 4) is 0 Å². The fraction of sp³-hybridized carbons (Fsp3) is 0.800. The maximum absolute atomic E-state index is 11.4. The molecule has 0 aromatic carbocycles. The van der Waals surface area contributed by atoms with Crippen LogP contribution in [0.5, 0.6) is 0 Å². The normalized spacial score (nSPS) is 12.1. The molecular weight excluding hydrogens is 260 g/mol. The van der Waals surface area contributed by atoms with Gasteiger partial charge in [-0.15, -0.1) is 0 Å². The topological polar surface area (TPSA) is 58.2 Å². The van der Waals surface area contributed by atoms with E-state index < -0.39 is 4.32 Å². The Bertz CT molecular complexity index is 251. The van der Waals surface area contributed by atoms with Gasteiger partial charge in [-0.1, -0.05) is 15.9 Å². The number of rotatable bonds is 3. The van der Waals surface area contributed by atoms with Crippen LogP contribution in [-0.4, -0.2) is 28.2 Å². The highest BCUT2D eigenvalue weighted by molar-refractivity contribution is 9.10. The fourth-order valence-corrected chi connectivity index (χ4v) is 0.973. The summed E-state index contributed by atoms with van der Waals surface area (Å²) >= 11 is 3.21. The molecule has 0 saturated carbocycles. The zero-order valence-corrected chi connectivity index (χ0v) is 11.5. The number of carbonyl (C=O) groups is 2. The standard InChI is InChI=1S/C10H19BrN2O2/c1-9(2,3)13-7(14)6-12-8(15)10(4,5)11/h6H2,1-5H3,(H,12,15)(H,13,14). The third-order valence-corrected chi connectivity index (χ3v) is 1.82. The summed E-state index contributed by atoms with van der Waals surface area (Å²) in [5.74, 6) is -0.390. The lowest BCUT2D eigenvalue weighted by Crippen LogP contribution is -2.48. The first-order valence-corrected chi connectivity index (χ1v) is 5.60. The van der Waals surface area contributed by atoms with Crippen LogP contribution < -0.4 is 10.6 Å². The zero-order chi connectivity index (χ0) is 12.3. The molecule has 0 bridgehead atoms. The molecule has 0 aliphatic rings. The number of alkyl halides is 1. The molecule has 0 aliphatic carbocycles. The second kappa shape index (κ2) is 4.96. The number of halogens is 1. The minimum absolute atomic E-state index is 0.00509. The van der Waals surface area contributed by atoms with E-state index in [1.807, 2.05) is 20.8 Å². The van der Waals surface area contributed by atoms with E-state index in [2.05, 4.69) is 26.6 Å². The van der Waals surface area contributed by atoms with Crippen molar-refractivity contribution in [2.45, 2.75) is 44.5 Å². The number of carbonyl (C=O) groups excluding carboxylic acids is 2. The third kappa shape index (κ3) is 7.36. The monoisotopic (exact) mass is 278 g/mol. The van der Waals surface area contributed by atoms with Crippen LogP contribution in [0.1, 0.15) is 34.6 Å². The predicted molar refractivity (Wildman–Crippen MR) is 63.9 cm³/mol. The fourth-order valence-electron chi connectivity index (χ4n) is 0.833. The van der Waals surface area contributed by atoms with E-state index in [0.29, 0.717) is 0 Å². The van der Waals surface area contributed by atoms with E-state index in [0.717, 1.165) is 0 Å². The lowest BCUT2D eigenvalue weighted by atomic mass is 10.1. The highest BCUT2D eigenvalue weighted by Crippen LogP contribution is 2.14. The molecule has 0 radical (unpaired) electrons.